The average Bonchev–Trinajstić information content (AvgIpc) is 3.06. The number of carbonyl (C=O) groups is 1. The molecule has 2 aliphatic rings. The summed E-state index contributed by atoms with van der Waals surface area (Å²) in [5.74, 6) is 0.690. The van der Waals surface area contributed by atoms with Crippen molar-refractivity contribution < 1.29 is 18.0 Å². The molecule has 2 fully saturated rings. The molecule has 0 bridgehead atoms. The fourth-order valence-electron chi connectivity index (χ4n) is 4.60. The summed E-state index contributed by atoms with van der Waals surface area (Å²) in [6.07, 6.45) is 0.558. The molecule has 2 saturated heterocycles. The maximum Gasteiger partial charge on any atom is 0.417 e. The number of hydrogen-bond donors (Lipinski definition) is 0. The Kier molecular flexibility index (Phi) is 6.98. The summed E-state index contributed by atoms with van der Waals surface area (Å²) < 4.78 is 38.6. The minimum atomic E-state index is -4.39. The van der Waals surface area contributed by atoms with Crippen LogP contribution in [0, 0.1) is 0 Å². The molecule has 8 heteroatoms. The van der Waals surface area contributed by atoms with Crippen LogP contribution in [0.3, 0.4) is 0 Å². The van der Waals surface area contributed by atoms with Gasteiger partial charge in [0.2, 0.25) is 5.91 Å². The van der Waals surface area contributed by atoms with Gasteiger partial charge in [-0.05, 0) is 43.4 Å². The summed E-state index contributed by atoms with van der Waals surface area (Å²) >= 11 is 0. The van der Waals surface area contributed by atoms with E-state index in [2.05, 4.69) is 9.88 Å². The minimum Gasteiger partial charge on any atom is -0.355 e. The molecule has 0 radical (unpaired) electrons. The van der Waals surface area contributed by atoms with E-state index in [0.717, 1.165) is 56.7 Å². The van der Waals surface area contributed by atoms with Crippen LogP contribution in [0.25, 0.3) is 0 Å². The van der Waals surface area contributed by atoms with Gasteiger partial charge in [-0.3, -0.25) is 9.69 Å². The smallest absolute Gasteiger partial charge is 0.355 e. The number of alkyl halides is 3. The highest BCUT2D eigenvalue weighted by atomic mass is 19.4. The van der Waals surface area contributed by atoms with Gasteiger partial charge in [0.15, 0.2) is 0 Å². The second-order valence-electron chi connectivity index (χ2n) is 8.48. The van der Waals surface area contributed by atoms with Gasteiger partial charge < -0.3 is 9.80 Å². The number of piperidine rings is 1. The fraction of sp³-hybridized carbons (Fsp3) is 0.500. The maximum atomic E-state index is 13.5. The summed E-state index contributed by atoms with van der Waals surface area (Å²) in [5.41, 5.74) is 0.248. The Morgan fingerprint density at radius 1 is 0.844 bits per heavy atom. The van der Waals surface area contributed by atoms with E-state index >= 15 is 0 Å². The molecule has 2 aliphatic heterocycles. The number of carbonyl (C=O) groups excluding carboxylic acids is 1. The van der Waals surface area contributed by atoms with Crippen molar-refractivity contribution in [3.8, 4) is 0 Å². The Morgan fingerprint density at radius 3 is 2.25 bits per heavy atom. The highest BCUT2D eigenvalue weighted by molar-refractivity contribution is 5.83. The van der Waals surface area contributed by atoms with Crippen molar-refractivity contribution in [3.05, 3.63) is 59.8 Å². The number of aromatic nitrogens is 1. The summed E-state index contributed by atoms with van der Waals surface area (Å²) in [5, 5.41) is 0. The van der Waals surface area contributed by atoms with E-state index in [1.807, 2.05) is 40.1 Å². The van der Waals surface area contributed by atoms with Crippen molar-refractivity contribution in [2.75, 3.05) is 44.2 Å². The first-order chi connectivity index (χ1) is 15.4. The van der Waals surface area contributed by atoms with E-state index in [0.29, 0.717) is 25.5 Å². The zero-order valence-corrected chi connectivity index (χ0v) is 18.1. The van der Waals surface area contributed by atoms with Crippen LogP contribution in [-0.4, -0.2) is 60.0 Å². The van der Waals surface area contributed by atoms with Crippen LogP contribution in [0.5, 0.6) is 0 Å². The van der Waals surface area contributed by atoms with Crippen molar-refractivity contribution in [2.45, 2.75) is 37.9 Å². The first-order valence-electron chi connectivity index (χ1n) is 11.3. The van der Waals surface area contributed by atoms with E-state index < -0.39 is 11.7 Å². The third-order valence-corrected chi connectivity index (χ3v) is 6.31. The standard InChI is InChI=1S/C24H29F3N4O/c25-24(26,27)20-10-11-21(28-18-20)29-14-7-15-30(17-16-29)22(19-8-3-1-4-9-19)23(32)31-12-5-2-6-13-31/h1,3-4,8-11,18,22H,2,5-7,12-17H2. The zero-order chi connectivity index (χ0) is 22.6. The number of amides is 1. The Bertz CT molecular complexity index is 882. The second-order valence-corrected chi connectivity index (χ2v) is 8.48. The number of hydrogen-bond acceptors (Lipinski definition) is 4. The lowest BCUT2D eigenvalue weighted by Gasteiger charge is -2.36. The molecule has 5 nitrogen and oxygen atoms in total. The molecule has 32 heavy (non-hydrogen) atoms. The molecule has 1 atom stereocenters. The molecule has 0 saturated carbocycles. The molecule has 172 valence electrons. The molecule has 0 N–H and O–H groups in total. The van der Waals surface area contributed by atoms with Crippen molar-refractivity contribution in [1.82, 2.24) is 14.8 Å². The van der Waals surface area contributed by atoms with Gasteiger partial charge in [0, 0.05) is 45.5 Å². The van der Waals surface area contributed by atoms with Crippen molar-refractivity contribution >= 4 is 11.7 Å². The van der Waals surface area contributed by atoms with E-state index in [1.165, 1.54) is 12.5 Å². The van der Waals surface area contributed by atoms with Crippen LogP contribution in [0.2, 0.25) is 0 Å². The minimum absolute atomic E-state index is 0.150. The van der Waals surface area contributed by atoms with Crippen LogP contribution in [-0.2, 0) is 11.0 Å². The maximum absolute atomic E-state index is 13.5. The van der Waals surface area contributed by atoms with E-state index in [4.69, 9.17) is 0 Å². The normalized spacial score (nSPS) is 19.5. The average molecular weight is 447 g/mol. The Hall–Kier alpha value is -2.61. The first kappa shape index (κ1) is 22.6. The van der Waals surface area contributed by atoms with Gasteiger partial charge >= 0.3 is 6.18 Å². The van der Waals surface area contributed by atoms with Gasteiger partial charge in [-0.2, -0.15) is 13.2 Å². The fourth-order valence-corrected chi connectivity index (χ4v) is 4.60. The summed E-state index contributed by atoms with van der Waals surface area (Å²) in [6, 6.07) is 12.1. The number of benzene rings is 1. The van der Waals surface area contributed by atoms with Gasteiger partial charge in [-0.1, -0.05) is 30.3 Å². The van der Waals surface area contributed by atoms with Gasteiger partial charge in [0.25, 0.3) is 0 Å². The molecule has 2 aromatic rings. The highest BCUT2D eigenvalue weighted by Gasteiger charge is 2.34. The molecule has 1 aromatic carbocycles. The number of pyridine rings is 1. The quantitative estimate of drug-likeness (QED) is 0.700. The lowest BCUT2D eigenvalue weighted by atomic mass is 10.0. The first-order valence-corrected chi connectivity index (χ1v) is 11.3. The number of anilines is 1. The van der Waals surface area contributed by atoms with E-state index in [9.17, 15) is 18.0 Å². The van der Waals surface area contributed by atoms with Crippen LogP contribution in [0.4, 0.5) is 19.0 Å². The van der Waals surface area contributed by atoms with E-state index in [-0.39, 0.29) is 11.9 Å². The lowest BCUT2D eigenvalue weighted by Crippen LogP contribution is -2.46. The molecule has 1 unspecified atom stereocenters. The third-order valence-electron chi connectivity index (χ3n) is 6.31. The van der Waals surface area contributed by atoms with Crippen molar-refractivity contribution in [3.63, 3.8) is 0 Å². The molecule has 0 aliphatic carbocycles. The Morgan fingerprint density at radius 2 is 1.59 bits per heavy atom. The molecular formula is C24H29F3N4O. The van der Waals surface area contributed by atoms with Crippen LogP contribution >= 0.6 is 0 Å². The summed E-state index contributed by atoms with van der Waals surface area (Å²) in [6.45, 7) is 4.29. The van der Waals surface area contributed by atoms with Gasteiger partial charge in [0.1, 0.15) is 11.9 Å². The summed E-state index contributed by atoms with van der Waals surface area (Å²) in [7, 11) is 0. The lowest BCUT2D eigenvalue weighted by molar-refractivity contribution is -0.138. The van der Waals surface area contributed by atoms with Gasteiger partial charge in [0.05, 0.1) is 5.56 Å². The Labute approximate surface area is 186 Å². The largest absolute Gasteiger partial charge is 0.417 e. The molecule has 1 amide bonds. The van der Waals surface area contributed by atoms with Crippen LogP contribution in [0.1, 0.15) is 42.9 Å². The zero-order valence-electron chi connectivity index (χ0n) is 18.1. The van der Waals surface area contributed by atoms with Crippen LogP contribution in [0.15, 0.2) is 48.7 Å². The van der Waals surface area contributed by atoms with Gasteiger partial charge in [-0.25, -0.2) is 4.98 Å². The topological polar surface area (TPSA) is 39.7 Å². The SMILES string of the molecule is O=C(C(c1ccccc1)N1CCCN(c2ccc(C(F)(F)F)cn2)CC1)N1CCCCC1. The number of rotatable bonds is 4. The molecule has 0 spiro atoms. The monoisotopic (exact) mass is 446 g/mol. The van der Waals surface area contributed by atoms with Crippen LogP contribution < -0.4 is 4.90 Å². The van der Waals surface area contributed by atoms with Crippen molar-refractivity contribution in [2.24, 2.45) is 0 Å². The predicted octanol–water partition coefficient (Wildman–Crippen LogP) is 4.37. The summed E-state index contributed by atoms with van der Waals surface area (Å²) in [4.78, 5) is 23.8. The molecule has 3 heterocycles. The molecule has 1 aromatic heterocycles. The molecular weight excluding hydrogens is 417 g/mol. The second kappa shape index (κ2) is 9.90. The number of likely N-dealkylation sites (tertiary alicyclic amines) is 1. The predicted molar refractivity (Wildman–Crippen MR) is 117 cm³/mol. The van der Waals surface area contributed by atoms with Crippen molar-refractivity contribution in [1.29, 1.82) is 0 Å². The highest BCUT2D eigenvalue weighted by Crippen LogP contribution is 2.30. The Balaban J connectivity index is 1.50. The van der Waals surface area contributed by atoms with E-state index in [1.54, 1.807) is 0 Å². The third kappa shape index (κ3) is 5.23. The van der Waals surface area contributed by atoms with Gasteiger partial charge in [-0.15, -0.1) is 0 Å². The number of nitrogens with zero attached hydrogens (tertiary/aromatic N) is 4. The molecule has 4 rings (SSSR count). The number of halogens is 3.